The maximum Gasteiger partial charge on any atom is 0.333 e. The van der Waals surface area contributed by atoms with Gasteiger partial charge in [0.25, 0.3) is 6.47 Å². The van der Waals surface area contributed by atoms with E-state index in [1.807, 2.05) is 0 Å². The van der Waals surface area contributed by atoms with E-state index in [1.165, 1.54) is 0 Å². The molecule has 0 fully saturated rings. The lowest BCUT2D eigenvalue weighted by Gasteiger charge is -2.11. The lowest BCUT2D eigenvalue weighted by molar-refractivity contribution is -0.149. The zero-order chi connectivity index (χ0) is 9.56. The highest BCUT2D eigenvalue weighted by atomic mass is 16.6. The van der Waals surface area contributed by atoms with E-state index in [1.54, 1.807) is 13.8 Å². The summed E-state index contributed by atoms with van der Waals surface area (Å²) in [6.45, 7) is 6.97. The van der Waals surface area contributed by atoms with Gasteiger partial charge in [0.15, 0.2) is 0 Å². The molecule has 0 saturated carbocycles. The molecule has 12 heavy (non-hydrogen) atoms. The van der Waals surface area contributed by atoms with Crippen LogP contribution < -0.4 is 0 Å². The molecule has 0 rings (SSSR count). The Bertz CT molecular complexity index is 185. The summed E-state index contributed by atoms with van der Waals surface area (Å²) in [5.74, 6) is -0.475. The third kappa shape index (κ3) is 4.49. The van der Waals surface area contributed by atoms with Crippen molar-refractivity contribution in [3.05, 3.63) is 12.2 Å². The average molecular weight is 172 g/mol. The van der Waals surface area contributed by atoms with Crippen LogP contribution in [0.15, 0.2) is 12.2 Å². The van der Waals surface area contributed by atoms with Crippen molar-refractivity contribution in [1.29, 1.82) is 0 Å². The third-order valence-corrected chi connectivity index (χ3v) is 1.06. The van der Waals surface area contributed by atoms with Gasteiger partial charge in [-0.05, 0) is 13.8 Å². The van der Waals surface area contributed by atoms with Gasteiger partial charge in [-0.3, -0.25) is 4.79 Å². The van der Waals surface area contributed by atoms with Crippen molar-refractivity contribution >= 4 is 12.4 Å². The van der Waals surface area contributed by atoms with Gasteiger partial charge in [-0.15, -0.1) is 0 Å². The zero-order valence-corrected chi connectivity index (χ0v) is 7.20. The predicted molar refractivity (Wildman–Crippen MR) is 42.4 cm³/mol. The third-order valence-electron chi connectivity index (χ3n) is 1.06. The van der Waals surface area contributed by atoms with E-state index < -0.39 is 12.1 Å². The van der Waals surface area contributed by atoms with Crippen LogP contribution in [0.2, 0.25) is 0 Å². The highest BCUT2D eigenvalue weighted by molar-refractivity contribution is 5.87. The van der Waals surface area contributed by atoms with Crippen molar-refractivity contribution in [2.24, 2.45) is 0 Å². The second-order valence-electron chi connectivity index (χ2n) is 2.43. The van der Waals surface area contributed by atoms with Gasteiger partial charge < -0.3 is 9.47 Å². The normalized spacial score (nSPS) is 11.5. The van der Waals surface area contributed by atoms with Crippen LogP contribution in [-0.4, -0.2) is 25.2 Å². The largest absolute Gasteiger partial charge is 0.464 e. The molecule has 0 saturated heterocycles. The summed E-state index contributed by atoms with van der Waals surface area (Å²) in [4.78, 5) is 20.6. The van der Waals surface area contributed by atoms with E-state index >= 15 is 0 Å². The summed E-state index contributed by atoms with van der Waals surface area (Å²) in [5, 5.41) is 0. The van der Waals surface area contributed by atoms with Crippen molar-refractivity contribution in [3.63, 3.8) is 0 Å². The summed E-state index contributed by atoms with van der Waals surface area (Å²) in [5.41, 5.74) is 0.327. The quantitative estimate of drug-likeness (QED) is 0.347. The van der Waals surface area contributed by atoms with Crippen LogP contribution in [0.1, 0.15) is 13.8 Å². The lowest BCUT2D eigenvalue weighted by Crippen LogP contribution is -2.20. The predicted octanol–water partition coefficient (Wildman–Crippen LogP) is 0.667. The van der Waals surface area contributed by atoms with Gasteiger partial charge in [-0.25, -0.2) is 4.79 Å². The molecule has 4 nitrogen and oxygen atoms in total. The van der Waals surface area contributed by atoms with Gasteiger partial charge in [0.1, 0.15) is 12.7 Å². The first-order chi connectivity index (χ1) is 5.57. The molecule has 0 aromatic heterocycles. The summed E-state index contributed by atoms with van der Waals surface area (Å²) in [7, 11) is 0. The zero-order valence-electron chi connectivity index (χ0n) is 7.20. The SMILES string of the molecule is C=C(C)C(=O)OC(C)COC=O. The Morgan fingerprint density at radius 1 is 1.67 bits per heavy atom. The molecule has 68 valence electrons. The fourth-order valence-corrected chi connectivity index (χ4v) is 0.492. The molecular weight excluding hydrogens is 160 g/mol. The Labute approximate surface area is 71.2 Å². The van der Waals surface area contributed by atoms with Crippen LogP contribution in [0.3, 0.4) is 0 Å². The minimum atomic E-state index is -0.475. The summed E-state index contributed by atoms with van der Waals surface area (Å²) in [6, 6.07) is 0. The van der Waals surface area contributed by atoms with Crippen molar-refractivity contribution in [3.8, 4) is 0 Å². The maximum absolute atomic E-state index is 10.9. The van der Waals surface area contributed by atoms with Crippen molar-refractivity contribution in [2.45, 2.75) is 20.0 Å². The van der Waals surface area contributed by atoms with Gasteiger partial charge in [0, 0.05) is 5.57 Å². The molecule has 0 amide bonds. The van der Waals surface area contributed by atoms with Gasteiger partial charge in [0.2, 0.25) is 0 Å². The second kappa shape index (κ2) is 5.35. The molecule has 0 aliphatic rings. The number of ether oxygens (including phenoxy) is 2. The second-order valence-corrected chi connectivity index (χ2v) is 2.43. The van der Waals surface area contributed by atoms with Gasteiger partial charge in [-0.1, -0.05) is 6.58 Å². The molecular formula is C8H12O4. The number of hydrogen-bond acceptors (Lipinski definition) is 4. The molecule has 0 N–H and O–H groups in total. The first-order valence-corrected chi connectivity index (χ1v) is 3.49. The van der Waals surface area contributed by atoms with Crippen LogP contribution in [0, 0.1) is 0 Å². The Morgan fingerprint density at radius 2 is 2.25 bits per heavy atom. The van der Waals surface area contributed by atoms with Crippen LogP contribution in [0.4, 0.5) is 0 Å². The summed E-state index contributed by atoms with van der Waals surface area (Å²) < 4.78 is 9.18. The maximum atomic E-state index is 10.9. The summed E-state index contributed by atoms with van der Waals surface area (Å²) >= 11 is 0. The molecule has 4 heteroatoms. The molecule has 0 bridgehead atoms. The van der Waals surface area contributed by atoms with Crippen LogP contribution in [-0.2, 0) is 19.1 Å². The molecule has 0 aliphatic heterocycles. The molecule has 0 aliphatic carbocycles. The van der Waals surface area contributed by atoms with E-state index in [2.05, 4.69) is 11.3 Å². The monoisotopic (exact) mass is 172 g/mol. The Hall–Kier alpha value is -1.32. The highest BCUT2D eigenvalue weighted by Gasteiger charge is 2.09. The van der Waals surface area contributed by atoms with Gasteiger partial charge in [-0.2, -0.15) is 0 Å². The lowest BCUT2D eigenvalue weighted by atomic mass is 10.3. The van der Waals surface area contributed by atoms with E-state index in [0.717, 1.165) is 0 Å². The van der Waals surface area contributed by atoms with E-state index in [0.29, 0.717) is 12.0 Å². The Kier molecular flexibility index (Phi) is 4.76. The van der Waals surface area contributed by atoms with Crippen molar-refractivity contribution in [1.82, 2.24) is 0 Å². The van der Waals surface area contributed by atoms with E-state index in [9.17, 15) is 9.59 Å². The Morgan fingerprint density at radius 3 is 2.67 bits per heavy atom. The summed E-state index contributed by atoms with van der Waals surface area (Å²) in [6.07, 6.45) is -0.431. The van der Waals surface area contributed by atoms with Gasteiger partial charge >= 0.3 is 5.97 Å². The van der Waals surface area contributed by atoms with Crippen LogP contribution >= 0.6 is 0 Å². The minimum absolute atomic E-state index is 0.0719. The van der Waals surface area contributed by atoms with Crippen molar-refractivity contribution in [2.75, 3.05) is 6.61 Å². The molecule has 0 radical (unpaired) electrons. The number of esters is 1. The first-order valence-electron chi connectivity index (χ1n) is 3.49. The highest BCUT2D eigenvalue weighted by Crippen LogP contribution is 1.97. The number of carbonyl (C=O) groups excluding carboxylic acids is 2. The molecule has 0 aromatic carbocycles. The van der Waals surface area contributed by atoms with E-state index in [-0.39, 0.29) is 6.61 Å². The fraction of sp³-hybridized carbons (Fsp3) is 0.500. The first kappa shape index (κ1) is 10.7. The van der Waals surface area contributed by atoms with Gasteiger partial charge in [0.05, 0.1) is 0 Å². The van der Waals surface area contributed by atoms with Crippen LogP contribution in [0.25, 0.3) is 0 Å². The molecule has 0 spiro atoms. The average Bonchev–Trinajstić information content (AvgIpc) is 2.00. The fourth-order valence-electron chi connectivity index (χ4n) is 0.492. The molecule has 0 aromatic rings. The smallest absolute Gasteiger partial charge is 0.333 e. The van der Waals surface area contributed by atoms with Crippen LogP contribution in [0.5, 0.6) is 0 Å². The molecule has 0 heterocycles. The molecule has 1 unspecified atom stereocenters. The van der Waals surface area contributed by atoms with E-state index in [4.69, 9.17) is 4.74 Å². The minimum Gasteiger partial charge on any atom is -0.464 e. The number of carbonyl (C=O) groups is 2. The Balaban J connectivity index is 3.68. The number of rotatable bonds is 5. The standard InChI is InChI=1S/C8H12O4/c1-6(2)8(10)12-7(3)4-11-5-9/h5,7H,1,4H2,2-3H3. The molecule has 1 atom stereocenters. The van der Waals surface area contributed by atoms with Crippen molar-refractivity contribution < 1.29 is 19.1 Å². The number of hydrogen-bond donors (Lipinski definition) is 0. The topological polar surface area (TPSA) is 52.6 Å².